The Kier molecular flexibility index (Phi) is 3.41. The van der Waals surface area contributed by atoms with Gasteiger partial charge in [0.1, 0.15) is 11.9 Å². The Bertz CT molecular complexity index is 442. The zero-order valence-corrected chi connectivity index (χ0v) is 9.86. The van der Waals surface area contributed by atoms with Crippen LogP contribution in [-0.2, 0) is 6.54 Å². The fourth-order valence-electron chi connectivity index (χ4n) is 2.24. The summed E-state index contributed by atoms with van der Waals surface area (Å²) in [6, 6.07) is 6.77. The average molecular weight is 233 g/mol. The van der Waals surface area contributed by atoms with E-state index >= 15 is 0 Å². The van der Waals surface area contributed by atoms with E-state index in [2.05, 4.69) is 11.8 Å². The molecule has 0 spiro atoms. The van der Waals surface area contributed by atoms with Gasteiger partial charge in [0.25, 0.3) is 0 Å². The number of nitrogens with zero attached hydrogens (tertiary/aromatic N) is 2. The van der Waals surface area contributed by atoms with Crippen molar-refractivity contribution >= 4 is 0 Å². The van der Waals surface area contributed by atoms with Crippen molar-refractivity contribution in [3.8, 4) is 6.07 Å². The molecule has 0 amide bonds. The maximum atomic E-state index is 13.2. The number of likely N-dealkylation sites (tertiary alicyclic amines) is 1. The van der Waals surface area contributed by atoms with Crippen LogP contribution in [0.3, 0.4) is 0 Å². The van der Waals surface area contributed by atoms with Crippen molar-refractivity contribution in [3.63, 3.8) is 0 Å². The monoisotopic (exact) mass is 233 g/mol. The normalized spacial score (nSPS) is 24.8. The highest BCUT2D eigenvalue weighted by Crippen LogP contribution is 2.18. The largest absolute Gasteiger partial charge is 0.326 e. The molecule has 1 aliphatic rings. The third-order valence-electron chi connectivity index (χ3n) is 3.30. The van der Waals surface area contributed by atoms with Gasteiger partial charge < -0.3 is 5.73 Å². The highest BCUT2D eigenvalue weighted by atomic mass is 19.1. The van der Waals surface area contributed by atoms with Gasteiger partial charge in [-0.05, 0) is 23.6 Å². The minimum Gasteiger partial charge on any atom is -0.326 e. The molecule has 1 aromatic carbocycles. The number of nitrogens with two attached hydrogens (primary N) is 1. The molecule has 0 aliphatic carbocycles. The van der Waals surface area contributed by atoms with Crippen molar-refractivity contribution in [2.75, 3.05) is 13.1 Å². The summed E-state index contributed by atoms with van der Waals surface area (Å²) in [5.41, 5.74) is 7.02. The number of halogens is 1. The van der Waals surface area contributed by atoms with E-state index in [-0.39, 0.29) is 11.6 Å². The first-order chi connectivity index (χ1) is 8.10. The van der Waals surface area contributed by atoms with Gasteiger partial charge in [0, 0.05) is 25.7 Å². The average Bonchev–Trinajstić information content (AvgIpc) is 2.61. The summed E-state index contributed by atoms with van der Waals surface area (Å²) in [6.45, 7) is 4.68. The van der Waals surface area contributed by atoms with Crippen LogP contribution in [0.4, 0.5) is 4.39 Å². The summed E-state index contributed by atoms with van der Waals surface area (Å²) < 4.78 is 13.2. The number of hydrogen-bond acceptors (Lipinski definition) is 3. The lowest BCUT2D eigenvalue weighted by Crippen LogP contribution is -2.28. The molecular formula is C13H16FN3. The fourth-order valence-corrected chi connectivity index (χ4v) is 2.24. The predicted octanol–water partition coefficient (Wildman–Crippen LogP) is 1.48. The van der Waals surface area contributed by atoms with Gasteiger partial charge in [-0.25, -0.2) is 4.39 Å². The topological polar surface area (TPSA) is 53.0 Å². The van der Waals surface area contributed by atoms with Crippen LogP contribution in [-0.4, -0.2) is 24.0 Å². The lowest BCUT2D eigenvalue weighted by Gasteiger charge is -2.15. The Labute approximate surface area is 101 Å². The molecule has 3 nitrogen and oxygen atoms in total. The lowest BCUT2D eigenvalue weighted by atomic mass is 10.1. The van der Waals surface area contributed by atoms with Gasteiger partial charge in [-0.15, -0.1) is 0 Å². The van der Waals surface area contributed by atoms with Crippen LogP contribution in [0.1, 0.15) is 18.1 Å². The van der Waals surface area contributed by atoms with E-state index in [1.807, 2.05) is 6.07 Å². The van der Waals surface area contributed by atoms with E-state index in [9.17, 15) is 4.39 Å². The summed E-state index contributed by atoms with van der Waals surface area (Å²) in [7, 11) is 0. The van der Waals surface area contributed by atoms with Gasteiger partial charge in [-0.3, -0.25) is 4.90 Å². The van der Waals surface area contributed by atoms with Gasteiger partial charge in [0.15, 0.2) is 0 Å². The van der Waals surface area contributed by atoms with Crippen LogP contribution in [0.15, 0.2) is 18.2 Å². The van der Waals surface area contributed by atoms with E-state index in [0.29, 0.717) is 5.92 Å². The van der Waals surface area contributed by atoms with E-state index in [1.54, 1.807) is 12.1 Å². The zero-order valence-electron chi connectivity index (χ0n) is 9.86. The van der Waals surface area contributed by atoms with Gasteiger partial charge in [0.05, 0.1) is 5.56 Å². The number of hydrogen-bond donors (Lipinski definition) is 1. The maximum absolute atomic E-state index is 13.2. The molecule has 90 valence electrons. The summed E-state index contributed by atoms with van der Waals surface area (Å²) >= 11 is 0. The molecule has 0 aromatic heterocycles. The van der Waals surface area contributed by atoms with Gasteiger partial charge in [-0.1, -0.05) is 13.0 Å². The van der Waals surface area contributed by atoms with Crippen LogP contribution in [0.5, 0.6) is 0 Å². The second-order valence-electron chi connectivity index (χ2n) is 4.76. The second-order valence-corrected chi connectivity index (χ2v) is 4.76. The Morgan fingerprint density at radius 3 is 2.88 bits per heavy atom. The fraction of sp³-hybridized carbons (Fsp3) is 0.462. The van der Waals surface area contributed by atoms with Crippen molar-refractivity contribution in [1.82, 2.24) is 4.90 Å². The summed E-state index contributed by atoms with van der Waals surface area (Å²) in [4.78, 5) is 2.24. The van der Waals surface area contributed by atoms with E-state index in [0.717, 1.165) is 25.2 Å². The summed E-state index contributed by atoms with van der Waals surface area (Å²) in [5, 5.41) is 8.76. The third-order valence-corrected chi connectivity index (χ3v) is 3.30. The van der Waals surface area contributed by atoms with Gasteiger partial charge >= 0.3 is 0 Å². The van der Waals surface area contributed by atoms with Gasteiger partial charge in [-0.2, -0.15) is 5.26 Å². The van der Waals surface area contributed by atoms with E-state index in [1.165, 1.54) is 6.07 Å². The molecule has 1 fully saturated rings. The van der Waals surface area contributed by atoms with Gasteiger partial charge in [0.2, 0.25) is 0 Å². The van der Waals surface area contributed by atoms with Crippen molar-refractivity contribution < 1.29 is 4.39 Å². The molecule has 2 rings (SSSR count). The molecule has 0 saturated carbocycles. The molecule has 4 heteroatoms. The van der Waals surface area contributed by atoms with Crippen LogP contribution >= 0.6 is 0 Å². The van der Waals surface area contributed by atoms with Crippen molar-refractivity contribution in [1.29, 1.82) is 5.26 Å². The highest BCUT2D eigenvalue weighted by Gasteiger charge is 2.26. The molecular weight excluding hydrogens is 217 g/mol. The Morgan fingerprint density at radius 2 is 2.29 bits per heavy atom. The van der Waals surface area contributed by atoms with Crippen LogP contribution < -0.4 is 5.73 Å². The summed E-state index contributed by atoms with van der Waals surface area (Å²) in [5.74, 6) is 0.0358. The first-order valence-electron chi connectivity index (χ1n) is 5.76. The predicted molar refractivity (Wildman–Crippen MR) is 63.5 cm³/mol. The lowest BCUT2D eigenvalue weighted by molar-refractivity contribution is 0.318. The minimum absolute atomic E-state index is 0.110. The van der Waals surface area contributed by atoms with Crippen molar-refractivity contribution in [2.24, 2.45) is 11.7 Å². The molecule has 1 heterocycles. The molecule has 2 atom stereocenters. The quantitative estimate of drug-likeness (QED) is 0.841. The number of benzene rings is 1. The number of nitriles is 1. The molecule has 2 unspecified atom stereocenters. The highest BCUT2D eigenvalue weighted by molar-refractivity contribution is 5.34. The van der Waals surface area contributed by atoms with E-state index in [4.69, 9.17) is 11.0 Å². The molecule has 1 aromatic rings. The van der Waals surface area contributed by atoms with Crippen LogP contribution in [0.25, 0.3) is 0 Å². The standard InChI is InChI=1S/C13H16FN3/c1-9-6-17(8-13(9)16)7-10-2-3-12(14)11(4-10)5-15/h2-4,9,13H,6-8,16H2,1H3. The Morgan fingerprint density at radius 1 is 1.53 bits per heavy atom. The molecule has 1 aliphatic heterocycles. The Hall–Kier alpha value is -1.44. The second kappa shape index (κ2) is 4.82. The van der Waals surface area contributed by atoms with Crippen LogP contribution in [0.2, 0.25) is 0 Å². The maximum Gasteiger partial charge on any atom is 0.140 e. The third kappa shape index (κ3) is 2.63. The van der Waals surface area contributed by atoms with Crippen LogP contribution in [0, 0.1) is 23.1 Å². The molecule has 0 bridgehead atoms. The first kappa shape index (κ1) is 12.0. The van der Waals surface area contributed by atoms with Crippen molar-refractivity contribution in [3.05, 3.63) is 35.1 Å². The smallest absolute Gasteiger partial charge is 0.140 e. The van der Waals surface area contributed by atoms with E-state index < -0.39 is 5.82 Å². The molecule has 0 radical (unpaired) electrons. The first-order valence-corrected chi connectivity index (χ1v) is 5.76. The van der Waals surface area contributed by atoms with Crippen molar-refractivity contribution in [2.45, 2.75) is 19.5 Å². The molecule has 17 heavy (non-hydrogen) atoms. The summed E-state index contributed by atoms with van der Waals surface area (Å²) in [6.07, 6.45) is 0. The molecule has 1 saturated heterocycles. The SMILES string of the molecule is CC1CN(Cc2ccc(F)c(C#N)c2)CC1N. The number of rotatable bonds is 2. The Balaban J connectivity index is 2.07. The minimum atomic E-state index is -0.456. The zero-order chi connectivity index (χ0) is 12.4. The molecule has 2 N–H and O–H groups in total.